The van der Waals surface area contributed by atoms with Crippen LogP contribution in [0.2, 0.25) is 0 Å². The molecular formula is C30H42N7O6+. The van der Waals surface area contributed by atoms with Crippen molar-refractivity contribution in [2.24, 2.45) is 0 Å². The maximum atomic E-state index is 13.1. The number of amides is 1. The molecule has 1 aromatic heterocycles. The van der Waals surface area contributed by atoms with Crippen LogP contribution in [0.25, 0.3) is 0 Å². The second kappa shape index (κ2) is 15.9. The monoisotopic (exact) mass is 596 g/mol. The number of benzene rings is 2. The Bertz CT molecular complexity index is 1320. The molecule has 6 bridgehead atoms. The highest BCUT2D eigenvalue weighted by Crippen LogP contribution is 2.26. The highest BCUT2D eigenvalue weighted by molar-refractivity contribution is 5.97. The Morgan fingerprint density at radius 1 is 0.907 bits per heavy atom. The predicted molar refractivity (Wildman–Crippen MR) is 162 cm³/mol. The SMILES string of the molecule is CCOc1nc2nc(n1)Nc1ccc(C(=O)NCC[N+](C)(C)C)c(c1)OCCOCCOCCOc1ccc(cc1)CN2. The van der Waals surface area contributed by atoms with E-state index in [1.165, 1.54) is 0 Å². The van der Waals surface area contributed by atoms with Crippen molar-refractivity contribution < 1.29 is 33.0 Å². The summed E-state index contributed by atoms with van der Waals surface area (Å²) in [6.07, 6.45) is 0. The predicted octanol–water partition coefficient (Wildman–Crippen LogP) is 2.87. The molecule has 3 aromatic rings. The van der Waals surface area contributed by atoms with Gasteiger partial charge in [0.2, 0.25) is 11.9 Å². The van der Waals surface area contributed by atoms with Gasteiger partial charge in [-0.15, -0.1) is 0 Å². The van der Waals surface area contributed by atoms with E-state index in [-0.39, 0.29) is 24.5 Å². The number of carbonyl (C=O) groups is 1. The Morgan fingerprint density at radius 2 is 1.60 bits per heavy atom. The Kier molecular flexibility index (Phi) is 11.7. The molecule has 0 radical (unpaired) electrons. The van der Waals surface area contributed by atoms with Crippen molar-refractivity contribution >= 4 is 23.5 Å². The summed E-state index contributed by atoms with van der Waals surface area (Å²) in [5, 5.41) is 9.41. The number of likely N-dealkylation sites (N-methyl/N-ethyl adjacent to an activating group) is 1. The van der Waals surface area contributed by atoms with Crippen molar-refractivity contribution in [2.45, 2.75) is 13.5 Å². The average Bonchev–Trinajstić information content (AvgIpc) is 2.97. The van der Waals surface area contributed by atoms with E-state index in [4.69, 9.17) is 23.7 Å². The van der Waals surface area contributed by atoms with E-state index in [1.807, 2.05) is 31.2 Å². The second-order valence-corrected chi connectivity index (χ2v) is 10.7. The zero-order chi connectivity index (χ0) is 30.5. The number of hydrogen-bond donors (Lipinski definition) is 3. The fraction of sp³-hybridized carbons (Fsp3) is 0.467. The topological polar surface area (TPSA) is 138 Å². The van der Waals surface area contributed by atoms with Crippen molar-refractivity contribution in [2.75, 3.05) is 91.1 Å². The molecule has 5 rings (SSSR count). The normalized spacial score (nSPS) is 14.8. The van der Waals surface area contributed by atoms with Crippen molar-refractivity contribution in [3.05, 3.63) is 53.6 Å². The Labute approximate surface area is 252 Å². The van der Waals surface area contributed by atoms with Crippen molar-refractivity contribution in [1.82, 2.24) is 20.3 Å². The van der Waals surface area contributed by atoms with Gasteiger partial charge < -0.3 is 44.1 Å². The van der Waals surface area contributed by atoms with Gasteiger partial charge in [0.25, 0.3) is 5.91 Å². The molecule has 0 unspecified atom stereocenters. The van der Waals surface area contributed by atoms with Gasteiger partial charge in [-0.25, -0.2) is 0 Å². The smallest absolute Gasteiger partial charge is 0.323 e. The van der Waals surface area contributed by atoms with Gasteiger partial charge in [0.15, 0.2) is 0 Å². The fourth-order valence-corrected chi connectivity index (χ4v) is 3.96. The first-order valence-electron chi connectivity index (χ1n) is 14.4. The van der Waals surface area contributed by atoms with E-state index in [1.54, 1.807) is 18.2 Å². The lowest BCUT2D eigenvalue weighted by molar-refractivity contribution is -0.869. The van der Waals surface area contributed by atoms with Gasteiger partial charge >= 0.3 is 6.01 Å². The van der Waals surface area contributed by atoms with Crippen LogP contribution >= 0.6 is 0 Å². The minimum atomic E-state index is -0.220. The van der Waals surface area contributed by atoms with Crippen LogP contribution < -0.4 is 30.2 Å². The van der Waals surface area contributed by atoms with Crippen molar-refractivity contribution in [1.29, 1.82) is 0 Å². The van der Waals surface area contributed by atoms with Gasteiger partial charge in [-0.05, 0) is 36.8 Å². The summed E-state index contributed by atoms with van der Waals surface area (Å²) in [6.45, 7) is 6.34. The Hall–Kier alpha value is -4.20. The zero-order valence-corrected chi connectivity index (χ0v) is 25.4. The molecule has 0 saturated carbocycles. The number of nitrogens with zero attached hydrogens (tertiary/aromatic N) is 4. The first-order chi connectivity index (χ1) is 20.8. The zero-order valence-electron chi connectivity index (χ0n) is 25.4. The summed E-state index contributed by atoms with van der Waals surface area (Å²) in [4.78, 5) is 26.4. The molecule has 232 valence electrons. The third-order valence-corrected chi connectivity index (χ3v) is 6.17. The van der Waals surface area contributed by atoms with Crippen LogP contribution in [0.3, 0.4) is 0 Å². The summed E-state index contributed by atoms with van der Waals surface area (Å²) in [7, 11) is 6.22. The lowest BCUT2D eigenvalue weighted by Gasteiger charge is -2.24. The van der Waals surface area contributed by atoms with E-state index in [9.17, 15) is 4.79 Å². The maximum Gasteiger partial charge on any atom is 0.323 e. The number of carbonyl (C=O) groups excluding carboxylic acids is 1. The number of fused-ring (bicyclic) bond motifs is 12. The lowest BCUT2D eigenvalue weighted by atomic mass is 10.1. The lowest BCUT2D eigenvalue weighted by Crippen LogP contribution is -2.41. The summed E-state index contributed by atoms with van der Waals surface area (Å²) in [6, 6.07) is 13.2. The maximum absolute atomic E-state index is 13.1. The number of nitrogens with one attached hydrogen (secondary N) is 3. The van der Waals surface area contributed by atoms with Crippen LogP contribution in [-0.4, -0.2) is 106 Å². The Morgan fingerprint density at radius 3 is 2.33 bits per heavy atom. The number of quaternary nitrogens is 1. The summed E-state index contributed by atoms with van der Waals surface area (Å²) in [5.74, 6) is 1.56. The molecule has 13 nitrogen and oxygen atoms in total. The molecule has 43 heavy (non-hydrogen) atoms. The molecule has 2 aromatic carbocycles. The third kappa shape index (κ3) is 10.9. The number of hydrogen-bond acceptors (Lipinski definition) is 11. The number of aromatic nitrogens is 3. The molecule has 0 fully saturated rings. The van der Waals surface area contributed by atoms with Gasteiger partial charge in [-0.1, -0.05) is 12.1 Å². The Balaban J connectivity index is 1.56. The molecule has 0 spiro atoms. The second-order valence-electron chi connectivity index (χ2n) is 10.7. The van der Waals surface area contributed by atoms with E-state index in [0.29, 0.717) is 75.7 Å². The van der Waals surface area contributed by atoms with E-state index in [2.05, 4.69) is 52.0 Å². The standard InChI is InChI=1S/C30H41N7O6/c1-5-41-30-35-28-32-21-22-6-9-24(10-7-22)42-18-16-39-14-15-40-17-19-43-26-20-23(33-29(34-28)36-30)8-11-25(26)27(38)31-12-13-37(2,3)4/h6-11,20H,5,12-19,21H2,1-4H3,(H2-,31,32,33,34,35,36,38)/p+1. The molecule has 0 aliphatic carbocycles. The molecule has 13 heteroatoms. The highest BCUT2D eigenvalue weighted by Gasteiger charge is 2.16. The van der Waals surface area contributed by atoms with E-state index >= 15 is 0 Å². The summed E-state index contributed by atoms with van der Waals surface area (Å²) >= 11 is 0. The molecule has 0 saturated heterocycles. The van der Waals surface area contributed by atoms with Crippen LogP contribution in [0, 0.1) is 0 Å². The van der Waals surface area contributed by atoms with E-state index < -0.39 is 0 Å². The molecule has 2 aliphatic rings. The molecule has 2 aliphatic heterocycles. The van der Waals surface area contributed by atoms with Crippen molar-refractivity contribution in [3.63, 3.8) is 0 Å². The fourth-order valence-electron chi connectivity index (χ4n) is 3.96. The van der Waals surface area contributed by atoms with Gasteiger partial charge in [-0.2, -0.15) is 15.0 Å². The first-order valence-corrected chi connectivity index (χ1v) is 14.4. The van der Waals surface area contributed by atoms with Gasteiger partial charge in [-0.3, -0.25) is 4.79 Å². The summed E-state index contributed by atoms with van der Waals surface area (Å²) < 4.78 is 29.4. The van der Waals surface area contributed by atoms with Gasteiger partial charge in [0, 0.05) is 18.3 Å². The van der Waals surface area contributed by atoms with Crippen LogP contribution in [0.5, 0.6) is 17.5 Å². The quantitative estimate of drug-likeness (QED) is 0.286. The van der Waals surface area contributed by atoms with E-state index in [0.717, 1.165) is 22.3 Å². The first kappa shape index (κ1) is 31.7. The minimum absolute atomic E-state index is 0.181. The van der Waals surface area contributed by atoms with Crippen LogP contribution in [0.1, 0.15) is 22.8 Å². The summed E-state index contributed by atoms with van der Waals surface area (Å²) in [5.41, 5.74) is 2.06. The number of ether oxygens (including phenoxy) is 5. The molecule has 1 amide bonds. The third-order valence-electron chi connectivity index (χ3n) is 6.17. The molecule has 0 atom stereocenters. The number of anilines is 3. The van der Waals surface area contributed by atoms with Gasteiger partial charge in [0.1, 0.15) is 24.7 Å². The largest absolute Gasteiger partial charge is 0.491 e. The molecular weight excluding hydrogens is 554 g/mol. The van der Waals surface area contributed by atoms with Crippen LogP contribution in [0.4, 0.5) is 17.6 Å². The van der Waals surface area contributed by atoms with Crippen molar-refractivity contribution in [3.8, 4) is 17.5 Å². The average molecular weight is 597 g/mol. The van der Waals surface area contributed by atoms with Gasteiger partial charge in [0.05, 0.1) is 72.8 Å². The van der Waals surface area contributed by atoms with Crippen LogP contribution in [-0.2, 0) is 16.0 Å². The van der Waals surface area contributed by atoms with Crippen LogP contribution in [0.15, 0.2) is 42.5 Å². The molecule has 3 heterocycles. The number of rotatable bonds is 6. The minimum Gasteiger partial charge on any atom is -0.491 e. The molecule has 3 N–H and O–H groups in total. The highest BCUT2D eigenvalue weighted by atomic mass is 16.6.